The van der Waals surface area contributed by atoms with Crippen molar-refractivity contribution in [1.29, 1.82) is 0 Å². The molecule has 3 aromatic rings. The lowest BCUT2D eigenvalue weighted by molar-refractivity contribution is 0.102. The van der Waals surface area contributed by atoms with Gasteiger partial charge in [-0.1, -0.05) is 17.7 Å². The quantitative estimate of drug-likeness (QED) is 0.660. The summed E-state index contributed by atoms with van der Waals surface area (Å²) in [4.78, 5) is 12.3. The fourth-order valence-electron chi connectivity index (χ4n) is 2.76. The molecule has 0 saturated carbocycles. The van der Waals surface area contributed by atoms with Crippen LogP contribution in [-0.4, -0.2) is 19.1 Å². The van der Waals surface area contributed by atoms with Gasteiger partial charge in [-0.3, -0.25) is 4.79 Å². The number of anilines is 3. The number of ether oxygens (including phenoxy) is 2. The van der Waals surface area contributed by atoms with Gasteiger partial charge in [-0.25, -0.2) is 0 Å². The minimum atomic E-state index is -0.204. The molecule has 5 nitrogen and oxygen atoms in total. The summed E-state index contributed by atoms with van der Waals surface area (Å²) in [6.07, 6.45) is 0. The molecule has 1 aliphatic rings. The third kappa shape index (κ3) is 4.15. The van der Waals surface area contributed by atoms with Crippen molar-refractivity contribution in [3.05, 3.63) is 77.3 Å². The van der Waals surface area contributed by atoms with E-state index >= 15 is 0 Å². The summed E-state index contributed by atoms with van der Waals surface area (Å²) in [6.45, 7) is 1.12. The van der Waals surface area contributed by atoms with Crippen LogP contribution in [0.15, 0.2) is 66.7 Å². The van der Waals surface area contributed by atoms with Crippen LogP contribution in [0.1, 0.15) is 10.4 Å². The topological polar surface area (TPSA) is 59.6 Å². The van der Waals surface area contributed by atoms with Crippen LogP contribution in [-0.2, 0) is 0 Å². The fraction of sp³-hybridized carbons (Fsp3) is 0.0952. The van der Waals surface area contributed by atoms with Crippen molar-refractivity contribution in [2.45, 2.75) is 0 Å². The second-order valence-electron chi connectivity index (χ2n) is 6.03. The molecule has 0 aromatic heterocycles. The van der Waals surface area contributed by atoms with Gasteiger partial charge in [0.2, 0.25) is 0 Å². The van der Waals surface area contributed by atoms with E-state index in [-0.39, 0.29) is 5.91 Å². The van der Waals surface area contributed by atoms with Gasteiger partial charge in [0, 0.05) is 33.7 Å². The first-order chi connectivity index (χ1) is 13.2. The highest BCUT2D eigenvalue weighted by atomic mass is 35.5. The standard InChI is InChI=1S/C21H17ClN2O3/c22-15-3-1-2-14(12-15)21(25)24-17-6-4-16(5-7-17)23-18-8-9-19-20(13-18)27-11-10-26-19/h1-9,12-13,23H,10-11H2,(H,24,25). The molecule has 0 aliphatic carbocycles. The maximum atomic E-state index is 12.3. The second kappa shape index (κ2) is 7.60. The number of hydrogen-bond acceptors (Lipinski definition) is 4. The summed E-state index contributed by atoms with van der Waals surface area (Å²) in [6, 6.07) is 20.0. The Balaban J connectivity index is 1.42. The lowest BCUT2D eigenvalue weighted by atomic mass is 10.2. The van der Waals surface area contributed by atoms with Crippen molar-refractivity contribution in [3.8, 4) is 11.5 Å². The molecular formula is C21H17ClN2O3. The number of carbonyl (C=O) groups is 1. The number of rotatable bonds is 4. The Morgan fingerprint density at radius 2 is 1.52 bits per heavy atom. The molecule has 0 fully saturated rings. The van der Waals surface area contributed by atoms with Crippen molar-refractivity contribution in [2.75, 3.05) is 23.8 Å². The minimum absolute atomic E-state index is 0.204. The molecule has 0 unspecified atom stereocenters. The number of fused-ring (bicyclic) bond motifs is 1. The van der Waals surface area contributed by atoms with Gasteiger partial charge < -0.3 is 20.1 Å². The van der Waals surface area contributed by atoms with Crippen LogP contribution >= 0.6 is 11.6 Å². The van der Waals surface area contributed by atoms with E-state index in [4.69, 9.17) is 21.1 Å². The van der Waals surface area contributed by atoms with Crippen LogP contribution < -0.4 is 20.1 Å². The van der Waals surface area contributed by atoms with Gasteiger partial charge in [-0.2, -0.15) is 0 Å². The number of nitrogens with one attached hydrogen (secondary N) is 2. The zero-order valence-corrected chi connectivity index (χ0v) is 15.1. The lowest BCUT2D eigenvalue weighted by Crippen LogP contribution is -2.15. The first-order valence-electron chi connectivity index (χ1n) is 8.51. The lowest BCUT2D eigenvalue weighted by Gasteiger charge is -2.19. The summed E-state index contributed by atoms with van der Waals surface area (Å²) in [5.74, 6) is 1.28. The van der Waals surface area contributed by atoms with Gasteiger partial charge >= 0.3 is 0 Å². The summed E-state index contributed by atoms with van der Waals surface area (Å²) >= 11 is 5.93. The minimum Gasteiger partial charge on any atom is -0.486 e. The molecular weight excluding hydrogens is 364 g/mol. The van der Waals surface area contributed by atoms with E-state index in [2.05, 4.69) is 10.6 Å². The predicted octanol–water partition coefficient (Wildman–Crippen LogP) is 5.11. The SMILES string of the molecule is O=C(Nc1ccc(Nc2ccc3c(c2)OCCO3)cc1)c1cccc(Cl)c1. The highest BCUT2D eigenvalue weighted by Crippen LogP contribution is 2.33. The molecule has 3 aromatic carbocycles. The second-order valence-corrected chi connectivity index (χ2v) is 6.46. The zero-order chi connectivity index (χ0) is 18.6. The smallest absolute Gasteiger partial charge is 0.255 e. The molecule has 4 rings (SSSR count). The molecule has 1 amide bonds. The predicted molar refractivity (Wildman–Crippen MR) is 107 cm³/mol. The molecule has 1 heterocycles. The Morgan fingerprint density at radius 3 is 2.30 bits per heavy atom. The Bertz CT molecular complexity index is 973. The van der Waals surface area contributed by atoms with Gasteiger partial charge in [0.1, 0.15) is 13.2 Å². The van der Waals surface area contributed by atoms with Crippen LogP contribution in [0.5, 0.6) is 11.5 Å². The van der Waals surface area contributed by atoms with Crippen molar-refractivity contribution < 1.29 is 14.3 Å². The summed E-state index contributed by atoms with van der Waals surface area (Å²) in [5.41, 5.74) is 3.01. The molecule has 0 radical (unpaired) electrons. The van der Waals surface area contributed by atoms with Gasteiger partial charge in [0.15, 0.2) is 11.5 Å². The fourth-order valence-corrected chi connectivity index (χ4v) is 2.95. The molecule has 0 bridgehead atoms. The van der Waals surface area contributed by atoms with E-state index in [1.165, 1.54) is 0 Å². The molecule has 2 N–H and O–H groups in total. The monoisotopic (exact) mass is 380 g/mol. The van der Waals surface area contributed by atoms with E-state index in [9.17, 15) is 4.79 Å². The summed E-state index contributed by atoms with van der Waals surface area (Å²) in [7, 11) is 0. The van der Waals surface area contributed by atoms with E-state index < -0.39 is 0 Å². The molecule has 136 valence electrons. The van der Waals surface area contributed by atoms with E-state index in [1.807, 2.05) is 42.5 Å². The first kappa shape index (κ1) is 17.2. The van der Waals surface area contributed by atoms with Crippen molar-refractivity contribution in [1.82, 2.24) is 0 Å². The highest BCUT2D eigenvalue weighted by molar-refractivity contribution is 6.31. The van der Waals surface area contributed by atoms with Gasteiger partial charge in [-0.15, -0.1) is 0 Å². The van der Waals surface area contributed by atoms with Crippen LogP contribution in [0.3, 0.4) is 0 Å². The number of benzene rings is 3. The van der Waals surface area contributed by atoms with Crippen LogP contribution in [0, 0.1) is 0 Å². The highest BCUT2D eigenvalue weighted by Gasteiger charge is 2.12. The molecule has 27 heavy (non-hydrogen) atoms. The summed E-state index contributed by atoms with van der Waals surface area (Å²) in [5, 5.41) is 6.69. The molecule has 0 atom stereocenters. The molecule has 0 spiro atoms. The van der Waals surface area contributed by atoms with E-state index in [0.29, 0.717) is 29.5 Å². The first-order valence-corrected chi connectivity index (χ1v) is 8.89. The van der Waals surface area contributed by atoms with Gasteiger partial charge in [0.05, 0.1) is 0 Å². The van der Waals surface area contributed by atoms with E-state index in [1.54, 1.807) is 24.3 Å². The average Bonchev–Trinajstić information content (AvgIpc) is 2.69. The third-order valence-corrected chi connectivity index (χ3v) is 4.30. The van der Waals surface area contributed by atoms with Crippen LogP contribution in [0.4, 0.5) is 17.1 Å². The maximum absolute atomic E-state index is 12.3. The maximum Gasteiger partial charge on any atom is 0.255 e. The number of amides is 1. The molecule has 1 aliphatic heterocycles. The van der Waals surface area contributed by atoms with Gasteiger partial charge in [-0.05, 0) is 54.6 Å². The average molecular weight is 381 g/mol. The Kier molecular flexibility index (Phi) is 4.85. The van der Waals surface area contributed by atoms with Crippen LogP contribution in [0.25, 0.3) is 0 Å². The van der Waals surface area contributed by atoms with Crippen molar-refractivity contribution in [3.63, 3.8) is 0 Å². The normalized spacial score (nSPS) is 12.3. The molecule has 0 saturated heterocycles. The third-order valence-electron chi connectivity index (χ3n) is 4.06. The number of halogens is 1. The van der Waals surface area contributed by atoms with Crippen LogP contribution in [0.2, 0.25) is 5.02 Å². The van der Waals surface area contributed by atoms with Crippen molar-refractivity contribution in [2.24, 2.45) is 0 Å². The summed E-state index contributed by atoms with van der Waals surface area (Å²) < 4.78 is 11.1. The number of carbonyl (C=O) groups excluding carboxylic acids is 1. The Hall–Kier alpha value is -3.18. The van der Waals surface area contributed by atoms with Crippen molar-refractivity contribution >= 4 is 34.6 Å². The zero-order valence-electron chi connectivity index (χ0n) is 14.4. The Morgan fingerprint density at radius 1 is 0.815 bits per heavy atom. The van der Waals surface area contributed by atoms with Gasteiger partial charge in [0.25, 0.3) is 5.91 Å². The Labute approximate surface area is 161 Å². The largest absolute Gasteiger partial charge is 0.486 e. The van der Waals surface area contributed by atoms with E-state index in [0.717, 1.165) is 22.9 Å². The number of hydrogen-bond donors (Lipinski definition) is 2. The molecule has 6 heteroatoms.